The molecule has 0 aliphatic rings. The summed E-state index contributed by atoms with van der Waals surface area (Å²) < 4.78 is 1.86. The fourth-order valence-corrected chi connectivity index (χ4v) is 2.27. The highest BCUT2D eigenvalue weighted by Gasteiger charge is 2.16. The van der Waals surface area contributed by atoms with E-state index in [-0.39, 0.29) is 0 Å². The van der Waals surface area contributed by atoms with Crippen molar-refractivity contribution in [2.45, 2.75) is 33.7 Å². The zero-order valence-electron chi connectivity index (χ0n) is 11.5. The first-order valence-electron chi connectivity index (χ1n) is 6.43. The second-order valence-corrected chi connectivity index (χ2v) is 5.49. The van der Waals surface area contributed by atoms with E-state index in [0.717, 1.165) is 34.1 Å². The van der Waals surface area contributed by atoms with Crippen LogP contribution in [-0.2, 0) is 13.0 Å². The summed E-state index contributed by atoms with van der Waals surface area (Å²) in [6.07, 6.45) is 0.894. The molecule has 5 heteroatoms. The largest absolute Gasteiger partial charge is 0.325 e. The second-order valence-electron chi connectivity index (χ2n) is 5.08. The van der Waals surface area contributed by atoms with Crippen LogP contribution in [0.1, 0.15) is 30.8 Å². The van der Waals surface area contributed by atoms with Crippen LogP contribution in [0.25, 0.3) is 5.69 Å². The van der Waals surface area contributed by atoms with E-state index in [9.17, 15) is 0 Å². The maximum Gasteiger partial charge on any atom is 0.0999 e. The molecule has 102 valence electrons. The molecule has 19 heavy (non-hydrogen) atoms. The van der Waals surface area contributed by atoms with Crippen LogP contribution < -0.4 is 5.73 Å². The molecule has 0 spiro atoms. The first-order chi connectivity index (χ1) is 9.04. The van der Waals surface area contributed by atoms with Gasteiger partial charge in [-0.2, -0.15) is 0 Å². The van der Waals surface area contributed by atoms with Gasteiger partial charge in [-0.1, -0.05) is 36.7 Å². The Hall–Kier alpha value is -1.39. The third-order valence-electron chi connectivity index (χ3n) is 3.11. The monoisotopic (exact) mass is 278 g/mol. The minimum Gasteiger partial charge on any atom is -0.325 e. The summed E-state index contributed by atoms with van der Waals surface area (Å²) in [4.78, 5) is 0. The fraction of sp³-hybridized carbons (Fsp3) is 0.429. The van der Waals surface area contributed by atoms with Gasteiger partial charge in [-0.05, 0) is 37.0 Å². The standard InChI is InChI=1S/C14H19ClN4/c1-9(2)7-14-12(8-16)17-18-19(14)13-6-4-5-11(15)10(13)3/h4-6,9H,7-8,16H2,1-3H3. The molecule has 0 unspecified atom stereocenters. The molecule has 0 amide bonds. The Morgan fingerprint density at radius 2 is 2.11 bits per heavy atom. The molecule has 1 aromatic carbocycles. The number of rotatable bonds is 4. The molecular formula is C14H19ClN4. The molecular weight excluding hydrogens is 260 g/mol. The number of nitrogens with zero attached hydrogens (tertiary/aromatic N) is 3. The van der Waals surface area contributed by atoms with Gasteiger partial charge in [0.15, 0.2) is 0 Å². The predicted molar refractivity (Wildman–Crippen MR) is 77.5 cm³/mol. The third-order valence-corrected chi connectivity index (χ3v) is 3.52. The molecule has 0 radical (unpaired) electrons. The summed E-state index contributed by atoms with van der Waals surface area (Å²) in [5.74, 6) is 0.516. The highest BCUT2D eigenvalue weighted by Crippen LogP contribution is 2.24. The molecule has 2 N–H and O–H groups in total. The first kappa shape index (κ1) is 14.0. The minimum absolute atomic E-state index is 0.404. The van der Waals surface area contributed by atoms with Gasteiger partial charge in [-0.3, -0.25) is 0 Å². The van der Waals surface area contributed by atoms with E-state index in [1.54, 1.807) is 0 Å². The molecule has 0 bridgehead atoms. The summed E-state index contributed by atoms with van der Waals surface area (Å²) in [5, 5.41) is 9.15. The Kier molecular flexibility index (Phi) is 4.22. The van der Waals surface area contributed by atoms with Crippen molar-refractivity contribution in [3.05, 3.63) is 40.2 Å². The Morgan fingerprint density at radius 3 is 2.74 bits per heavy atom. The van der Waals surface area contributed by atoms with Crippen molar-refractivity contribution in [1.29, 1.82) is 0 Å². The predicted octanol–water partition coefficient (Wildman–Crippen LogP) is 2.89. The van der Waals surface area contributed by atoms with Gasteiger partial charge in [0, 0.05) is 11.6 Å². The van der Waals surface area contributed by atoms with Crippen LogP contribution in [0.3, 0.4) is 0 Å². The van der Waals surface area contributed by atoms with Gasteiger partial charge >= 0.3 is 0 Å². The van der Waals surface area contributed by atoms with Crippen molar-refractivity contribution in [3.63, 3.8) is 0 Å². The highest BCUT2D eigenvalue weighted by atomic mass is 35.5. The zero-order chi connectivity index (χ0) is 14.0. The topological polar surface area (TPSA) is 56.7 Å². The molecule has 0 fully saturated rings. The summed E-state index contributed by atoms with van der Waals surface area (Å²) in [7, 11) is 0. The molecule has 0 saturated heterocycles. The van der Waals surface area contributed by atoms with E-state index in [4.69, 9.17) is 17.3 Å². The maximum absolute atomic E-state index is 6.18. The smallest absolute Gasteiger partial charge is 0.0999 e. The van der Waals surface area contributed by atoms with E-state index in [1.807, 2.05) is 29.8 Å². The number of hydrogen-bond donors (Lipinski definition) is 1. The summed E-state index contributed by atoms with van der Waals surface area (Å²) in [5.41, 5.74) is 9.64. The molecule has 2 rings (SSSR count). The Labute approximate surface area is 118 Å². The van der Waals surface area contributed by atoms with Crippen LogP contribution in [0.15, 0.2) is 18.2 Å². The van der Waals surface area contributed by atoms with Crippen LogP contribution in [0.4, 0.5) is 0 Å². The minimum atomic E-state index is 0.404. The van der Waals surface area contributed by atoms with Crippen LogP contribution >= 0.6 is 11.6 Å². The van der Waals surface area contributed by atoms with Gasteiger partial charge in [0.2, 0.25) is 0 Å². The molecule has 0 saturated carbocycles. The van der Waals surface area contributed by atoms with Crippen molar-refractivity contribution in [2.75, 3.05) is 0 Å². The average Bonchev–Trinajstić information content (AvgIpc) is 2.75. The van der Waals surface area contributed by atoms with E-state index in [2.05, 4.69) is 24.2 Å². The van der Waals surface area contributed by atoms with Crippen LogP contribution in [0, 0.1) is 12.8 Å². The highest BCUT2D eigenvalue weighted by molar-refractivity contribution is 6.31. The first-order valence-corrected chi connectivity index (χ1v) is 6.81. The molecule has 4 nitrogen and oxygen atoms in total. The van der Waals surface area contributed by atoms with Crippen LogP contribution in [0.2, 0.25) is 5.02 Å². The lowest BCUT2D eigenvalue weighted by Crippen LogP contribution is -2.10. The molecule has 1 aromatic heterocycles. The molecule has 1 heterocycles. The van der Waals surface area contributed by atoms with Crippen molar-refractivity contribution in [3.8, 4) is 5.69 Å². The second kappa shape index (κ2) is 5.72. The van der Waals surface area contributed by atoms with E-state index in [0.29, 0.717) is 12.5 Å². The van der Waals surface area contributed by atoms with E-state index < -0.39 is 0 Å². The SMILES string of the molecule is Cc1c(Cl)cccc1-n1nnc(CN)c1CC(C)C. The van der Waals surface area contributed by atoms with Gasteiger partial charge in [0.05, 0.1) is 17.1 Å². The maximum atomic E-state index is 6.18. The quantitative estimate of drug-likeness (QED) is 0.936. The van der Waals surface area contributed by atoms with Gasteiger partial charge in [-0.25, -0.2) is 4.68 Å². The van der Waals surface area contributed by atoms with Gasteiger partial charge in [-0.15, -0.1) is 5.10 Å². The van der Waals surface area contributed by atoms with Crippen molar-refractivity contribution >= 4 is 11.6 Å². The lowest BCUT2D eigenvalue weighted by Gasteiger charge is -2.12. The normalized spacial score (nSPS) is 11.3. The number of benzene rings is 1. The number of aromatic nitrogens is 3. The number of halogens is 1. The average molecular weight is 279 g/mol. The van der Waals surface area contributed by atoms with E-state index in [1.165, 1.54) is 0 Å². The van der Waals surface area contributed by atoms with Crippen LogP contribution in [0.5, 0.6) is 0 Å². The number of hydrogen-bond acceptors (Lipinski definition) is 3. The van der Waals surface area contributed by atoms with Gasteiger partial charge < -0.3 is 5.73 Å². The fourth-order valence-electron chi connectivity index (χ4n) is 2.10. The van der Waals surface area contributed by atoms with Crippen molar-refractivity contribution in [2.24, 2.45) is 11.7 Å². The summed E-state index contributed by atoms with van der Waals surface area (Å²) >= 11 is 6.18. The molecule has 2 aromatic rings. The molecule has 0 aliphatic carbocycles. The summed E-state index contributed by atoms with van der Waals surface area (Å²) in [6, 6.07) is 5.80. The van der Waals surface area contributed by atoms with Crippen molar-refractivity contribution in [1.82, 2.24) is 15.0 Å². The summed E-state index contributed by atoms with van der Waals surface area (Å²) in [6.45, 7) is 6.73. The Bertz CT molecular complexity index is 575. The van der Waals surface area contributed by atoms with E-state index >= 15 is 0 Å². The zero-order valence-corrected chi connectivity index (χ0v) is 12.3. The molecule has 0 atom stereocenters. The van der Waals surface area contributed by atoms with Crippen LogP contribution in [-0.4, -0.2) is 15.0 Å². The van der Waals surface area contributed by atoms with Gasteiger partial charge in [0.25, 0.3) is 0 Å². The lowest BCUT2D eigenvalue weighted by molar-refractivity contribution is 0.610. The Morgan fingerprint density at radius 1 is 1.37 bits per heavy atom. The number of nitrogens with two attached hydrogens (primary N) is 1. The van der Waals surface area contributed by atoms with Gasteiger partial charge in [0.1, 0.15) is 0 Å². The van der Waals surface area contributed by atoms with Crippen molar-refractivity contribution < 1.29 is 0 Å². The Balaban J connectivity index is 2.55. The third kappa shape index (κ3) is 2.80. The molecule has 0 aliphatic heterocycles. The lowest BCUT2D eigenvalue weighted by atomic mass is 10.1.